The molecule has 0 unspecified atom stereocenters. The molecule has 1 aliphatic rings. The Morgan fingerprint density at radius 1 is 1.07 bits per heavy atom. The van der Waals surface area contributed by atoms with E-state index < -0.39 is 0 Å². The van der Waals surface area contributed by atoms with Crippen molar-refractivity contribution >= 4 is 17.7 Å². The van der Waals surface area contributed by atoms with Crippen molar-refractivity contribution in [2.24, 2.45) is 0 Å². The van der Waals surface area contributed by atoms with Crippen molar-refractivity contribution in [1.82, 2.24) is 15.5 Å². The molecule has 1 aromatic heterocycles. The molecule has 6 nitrogen and oxygen atoms in total. The molecule has 0 bridgehead atoms. The quantitative estimate of drug-likeness (QED) is 0.796. The van der Waals surface area contributed by atoms with Crippen LogP contribution in [0.25, 0.3) is 0 Å². The SMILES string of the molecule is CC(C)N(Cc1ccccc1)c1ccc(NC(=O)NC2CCCCC2)nn1. The zero-order valence-electron chi connectivity index (χ0n) is 16.2. The Morgan fingerprint density at radius 2 is 1.81 bits per heavy atom. The van der Waals surface area contributed by atoms with Crippen molar-refractivity contribution in [3.05, 3.63) is 48.0 Å². The Kier molecular flexibility index (Phi) is 6.63. The summed E-state index contributed by atoms with van der Waals surface area (Å²) >= 11 is 0. The van der Waals surface area contributed by atoms with Gasteiger partial charge in [-0.3, -0.25) is 5.32 Å². The van der Waals surface area contributed by atoms with E-state index in [9.17, 15) is 4.79 Å². The van der Waals surface area contributed by atoms with Crippen molar-refractivity contribution in [2.45, 2.75) is 64.6 Å². The van der Waals surface area contributed by atoms with Crippen molar-refractivity contribution in [3.63, 3.8) is 0 Å². The minimum absolute atomic E-state index is 0.200. The van der Waals surface area contributed by atoms with E-state index in [4.69, 9.17) is 0 Å². The maximum absolute atomic E-state index is 12.1. The number of amides is 2. The van der Waals surface area contributed by atoms with E-state index in [0.29, 0.717) is 5.82 Å². The summed E-state index contributed by atoms with van der Waals surface area (Å²) in [4.78, 5) is 14.3. The van der Waals surface area contributed by atoms with Gasteiger partial charge in [0, 0.05) is 18.6 Å². The molecule has 0 radical (unpaired) electrons. The van der Waals surface area contributed by atoms with E-state index in [2.05, 4.69) is 51.7 Å². The molecule has 0 atom stereocenters. The summed E-state index contributed by atoms with van der Waals surface area (Å²) in [5.74, 6) is 1.27. The van der Waals surface area contributed by atoms with E-state index in [1.54, 1.807) is 0 Å². The highest BCUT2D eigenvalue weighted by atomic mass is 16.2. The van der Waals surface area contributed by atoms with Crippen LogP contribution in [0.1, 0.15) is 51.5 Å². The number of hydrogen-bond donors (Lipinski definition) is 2. The summed E-state index contributed by atoms with van der Waals surface area (Å²) in [6.45, 7) is 5.03. The number of nitrogens with one attached hydrogen (secondary N) is 2. The van der Waals surface area contributed by atoms with Crippen LogP contribution < -0.4 is 15.5 Å². The Morgan fingerprint density at radius 3 is 2.44 bits per heavy atom. The van der Waals surface area contributed by atoms with E-state index in [1.807, 2.05) is 30.3 Å². The van der Waals surface area contributed by atoms with Crippen molar-refractivity contribution < 1.29 is 4.79 Å². The fourth-order valence-electron chi connectivity index (χ4n) is 3.44. The fourth-order valence-corrected chi connectivity index (χ4v) is 3.44. The predicted octanol–water partition coefficient (Wildman–Crippen LogP) is 4.35. The number of urea groups is 1. The van der Waals surface area contributed by atoms with Gasteiger partial charge in [0.15, 0.2) is 11.6 Å². The molecule has 1 fully saturated rings. The van der Waals surface area contributed by atoms with Crippen LogP contribution >= 0.6 is 0 Å². The lowest BCUT2D eigenvalue weighted by Crippen LogP contribution is -2.39. The van der Waals surface area contributed by atoms with Gasteiger partial charge in [-0.1, -0.05) is 49.6 Å². The zero-order valence-corrected chi connectivity index (χ0v) is 16.2. The van der Waals surface area contributed by atoms with Crippen LogP contribution in [0.15, 0.2) is 42.5 Å². The van der Waals surface area contributed by atoms with E-state index in [-0.39, 0.29) is 18.1 Å². The van der Waals surface area contributed by atoms with Crippen LogP contribution in [-0.4, -0.2) is 28.3 Å². The molecule has 2 N–H and O–H groups in total. The molecule has 2 amide bonds. The van der Waals surface area contributed by atoms with E-state index in [0.717, 1.165) is 25.2 Å². The maximum atomic E-state index is 12.1. The number of hydrogen-bond acceptors (Lipinski definition) is 4. The monoisotopic (exact) mass is 367 g/mol. The lowest BCUT2D eigenvalue weighted by atomic mass is 9.96. The number of nitrogens with zero attached hydrogens (tertiary/aromatic N) is 3. The van der Waals surface area contributed by atoms with Gasteiger partial charge in [0.25, 0.3) is 0 Å². The first-order valence-corrected chi connectivity index (χ1v) is 9.83. The smallest absolute Gasteiger partial charge is 0.320 e. The van der Waals surface area contributed by atoms with Gasteiger partial charge in [0.2, 0.25) is 0 Å². The van der Waals surface area contributed by atoms with Gasteiger partial charge in [0.05, 0.1) is 0 Å². The van der Waals surface area contributed by atoms with Gasteiger partial charge in [0.1, 0.15) is 0 Å². The number of benzene rings is 1. The van der Waals surface area contributed by atoms with Gasteiger partial charge >= 0.3 is 6.03 Å². The standard InChI is InChI=1S/C21H29N5O/c1-16(2)26(15-17-9-5-3-6-10-17)20-14-13-19(24-25-20)23-21(27)22-18-11-7-4-8-12-18/h3,5-6,9-10,13-14,16,18H,4,7-8,11-12,15H2,1-2H3,(H2,22,23,24,27). The van der Waals surface area contributed by atoms with E-state index in [1.165, 1.54) is 24.8 Å². The van der Waals surface area contributed by atoms with Crippen molar-refractivity contribution in [1.29, 1.82) is 0 Å². The average molecular weight is 367 g/mol. The molecule has 144 valence electrons. The molecular weight excluding hydrogens is 338 g/mol. The van der Waals surface area contributed by atoms with Crippen LogP contribution in [0.4, 0.5) is 16.4 Å². The Labute approximate surface area is 161 Å². The van der Waals surface area contributed by atoms with Gasteiger partial charge in [-0.15, -0.1) is 10.2 Å². The first-order chi connectivity index (χ1) is 13.1. The van der Waals surface area contributed by atoms with Gasteiger partial charge in [-0.25, -0.2) is 4.79 Å². The molecule has 6 heteroatoms. The summed E-state index contributed by atoms with van der Waals surface area (Å²) in [5, 5.41) is 14.3. The van der Waals surface area contributed by atoms with Crippen LogP contribution in [-0.2, 0) is 6.54 Å². The molecule has 1 saturated carbocycles. The van der Waals surface area contributed by atoms with Crippen LogP contribution in [0.2, 0.25) is 0 Å². The maximum Gasteiger partial charge on any atom is 0.320 e. The molecule has 1 aliphatic carbocycles. The molecule has 0 aliphatic heterocycles. The molecule has 1 heterocycles. The van der Waals surface area contributed by atoms with Crippen molar-refractivity contribution in [3.8, 4) is 0 Å². The lowest BCUT2D eigenvalue weighted by molar-refractivity contribution is 0.244. The summed E-state index contributed by atoms with van der Waals surface area (Å²) in [7, 11) is 0. The Hall–Kier alpha value is -2.63. The molecule has 27 heavy (non-hydrogen) atoms. The molecule has 0 saturated heterocycles. The second kappa shape index (κ2) is 9.35. The van der Waals surface area contributed by atoms with Crippen LogP contribution in [0, 0.1) is 0 Å². The highest BCUT2D eigenvalue weighted by Gasteiger charge is 2.17. The summed E-state index contributed by atoms with van der Waals surface area (Å²) in [6, 6.07) is 14.4. The second-order valence-electron chi connectivity index (χ2n) is 7.42. The number of rotatable bonds is 6. The largest absolute Gasteiger partial charge is 0.348 e. The van der Waals surface area contributed by atoms with Gasteiger partial charge < -0.3 is 10.2 Å². The first kappa shape index (κ1) is 19.1. The molecule has 3 rings (SSSR count). The number of carbonyl (C=O) groups excluding carboxylic acids is 1. The predicted molar refractivity (Wildman–Crippen MR) is 109 cm³/mol. The summed E-state index contributed by atoms with van der Waals surface area (Å²) in [5.41, 5.74) is 1.22. The minimum atomic E-state index is -0.200. The third-order valence-electron chi connectivity index (χ3n) is 4.95. The Bertz CT molecular complexity index is 711. The topological polar surface area (TPSA) is 70.2 Å². The average Bonchev–Trinajstić information content (AvgIpc) is 2.68. The van der Waals surface area contributed by atoms with Crippen molar-refractivity contribution in [2.75, 3.05) is 10.2 Å². The van der Waals surface area contributed by atoms with Gasteiger partial charge in [-0.2, -0.15) is 0 Å². The summed E-state index contributed by atoms with van der Waals surface area (Å²) < 4.78 is 0. The Balaban J connectivity index is 1.59. The number of aromatic nitrogens is 2. The van der Waals surface area contributed by atoms with E-state index >= 15 is 0 Å². The zero-order chi connectivity index (χ0) is 19.1. The van der Waals surface area contributed by atoms with Gasteiger partial charge in [-0.05, 0) is 44.4 Å². The molecule has 0 spiro atoms. The molecular formula is C21H29N5O. The minimum Gasteiger partial charge on any atom is -0.348 e. The second-order valence-corrected chi connectivity index (χ2v) is 7.42. The summed E-state index contributed by atoms with van der Waals surface area (Å²) in [6.07, 6.45) is 5.75. The van der Waals surface area contributed by atoms with Crippen LogP contribution in [0.5, 0.6) is 0 Å². The lowest BCUT2D eigenvalue weighted by Gasteiger charge is -2.27. The fraction of sp³-hybridized carbons (Fsp3) is 0.476. The first-order valence-electron chi connectivity index (χ1n) is 9.83. The number of carbonyl (C=O) groups is 1. The highest BCUT2D eigenvalue weighted by Crippen LogP contribution is 2.19. The third-order valence-corrected chi connectivity index (χ3v) is 4.95. The highest BCUT2D eigenvalue weighted by molar-refractivity contribution is 5.88. The van der Waals surface area contributed by atoms with Crippen LogP contribution in [0.3, 0.4) is 0 Å². The number of anilines is 2. The molecule has 2 aromatic rings. The third kappa shape index (κ3) is 5.67. The normalized spacial score (nSPS) is 14.8. The molecule has 1 aromatic carbocycles.